The zero-order valence-electron chi connectivity index (χ0n) is 12.2. The Bertz CT molecular complexity index is 561. The minimum absolute atomic E-state index is 0.111. The first kappa shape index (κ1) is 17.8. The Morgan fingerprint density at radius 1 is 1.23 bits per heavy atom. The standard InChI is InChI=1S/C14H16F3NO4/c1-14(2,3)22-13(21)18-10(12(19)20)6-7-4-8(15)11(17)9(16)5-7/h4-5,10H,6H2,1-3H3,(H,18,21)(H,19,20)/t10-/m1/s1. The van der Waals surface area contributed by atoms with E-state index in [4.69, 9.17) is 9.84 Å². The van der Waals surface area contributed by atoms with Crippen LogP contribution >= 0.6 is 0 Å². The van der Waals surface area contributed by atoms with Crippen molar-refractivity contribution in [2.24, 2.45) is 0 Å². The lowest BCUT2D eigenvalue weighted by Gasteiger charge is -2.22. The fourth-order valence-corrected chi connectivity index (χ4v) is 1.61. The Morgan fingerprint density at radius 2 is 1.73 bits per heavy atom. The number of carboxylic acids is 1. The molecule has 22 heavy (non-hydrogen) atoms. The molecule has 0 unspecified atom stereocenters. The molecule has 1 atom stereocenters. The van der Waals surface area contributed by atoms with E-state index in [9.17, 15) is 22.8 Å². The number of hydrogen-bond donors (Lipinski definition) is 2. The van der Waals surface area contributed by atoms with Gasteiger partial charge in [0.05, 0.1) is 0 Å². The second kappa shape index (κ2) is 6.67. The Balaban J connectivity index is 2.85. The molecule has 0 heterocycles. The Morgan fingerprint density at radius 3 is 2.14 bits per heavy atom. The minimum Gasteiger partial charge on any atom is -0.480 e. The number of nitrogens with one attached hydrogen (secondary N) is 1. The van der Waals surface area contributed by atoms with E-state index in [2.05, 4.69) is 5.32 Å². The fourth-order valence-electron chi connectivity index (χ4n) is 1.61. The van der Waals surface area contributed by atoms with Gasteiger partial charge in [0.2, 0.25) is 0 Å². The van der Waals surface area contributed by atoms with Gasteiger partial charge in [0.25, 0.3) is 0 Å². The van der Waals surface area contributed by atoms with Gasteiger partial charge < -0.3 is 15.2 Å². The third-order valence-corrected chi connectivity index (χ3v) is 2.47. The first-order valence-corrected chi connectivity index (χ1v) is 6.35. The van der Waals surface area contributed by atoms with Crippen LogP contribution in [0.3, 0.4) is 0 Å². The molecule has 0 spiro atoms. The average Bonchev–Trinajstić information content (AvgIpc) is 2.32. The molecule has 1 amide bonds. The number of ether oxygens (including phenoxy) is 1. The van der Waals surface area contributed by atoms with Crippen molar-refractivity contribution in [3.05, 3.63) is 35.1 Å². The molecule has 122 valence electrons. The van der Waals surface area contributed by atoms with E-state index in [1.54, 1.807) is 20.8 Å². The van der Waals surface area contributed by atoms with Crippen LogP contribution in [0, 0.1) is 17.5 Å². The van der Waals surface area contributed by atoms with Crippen molar-refractivity contribution in [2.75, 3.05) is 0 Å². The summed E-state index contributed by atoms with van der Waals surface area (Å²) >= 11 is 0. The van der Waals surface area contributed by atoms with Crippen LogP contribution in [-0.4, -0.2) is 28.8 Å². The Labute approximate surface area is 125 Å². The van der Waals surface area contributed by atoms with Crippen LogP contribution in [0.25, 0.3) is 0 Å². The van der Waals surface area contributed by atoms with Crippen molar-refractivity contribution < 1.29 is 32.6 Å². The molecule has 8 heteroatoms. The second-order valence-electron chi connectivity index (χ2n) is 5.61. The van der Waals surface area contributed by atoms with Gasteiger partial charge in [-0.3, -0.25) is 0 Å². The quantitative estimate of drug-likeness (QED) is 0.837. The zero-order chi connectivity index (χ0) is 17.1. The number of benzene rings is 1. The number of carbonyl (C=O) groups excluding carboxylic acids is 1. The topological polar surface area (TPSA) is 75.6 Å². The smallest absolute Gasteiger partial charge is 0.408 e. The van der Waals surface area contributed by atoms with Crippen LogP contribution in [0.5, 0.6) is 0 Å². The molecular weight excluding hydrogens is 303 g/mol. The minimum atomic E-state index is -1.64. The number of halogens is 3. The van der Waals surface area contributed by atoms with Crippen LogP contribution < -0.4 is 5.32 Å². The van der Waals surface area contributed by atoms with Gasteiger partial charge >= 0.3 is 12.1 Å². The van der Waals surface area contributed by atoms with Gasteiger partial charge in [-0.25, -0.2) is 22.8 Å². The fraction of sp³-hybridized carbons (Fsp3) is 0.429. The third-order valence-electron chi connectivity index (χ3n) is 2.47. The number of hydrogen-bond acceptors (Lipinski definition) is 3. The largest absolute Gasteiger partial charge is 0.480 e. The summed E-state index contributed by atoms with van der Waals surface area (Å²) in [6, 6.07) is -0.130. The predicted octanol–water partition coefficient (Wildman–Crippen LogP) is 2.62. The van der Waals surface area contributed by atoms with E-state index >= 15 is 0 Å². The summed E-state index contributed by atoms with van der Waals surface area (Å²) < 4.78 is 44.0. The highest BCUT2D eigenvalue weighted by Gasteiger charge is 2.25. The first-order chi connectivity index (χ1) is 9.99. The molecular formula is C14H16F3NO4. The maximum atomic E-state index is 13.1. The highest BCUT2D eigenvalue weighted by molar-refractivity contribution is 5.80. The number of carboxylic acid groups (broad SMARTS) is 1. The summed E-state index contributed by atoms with van der Waals surface area (Å²) in [5.74, 6) is -5.93. The van der Waals surface area contributed by atoms with E-state index in [0.717, 1.165) is 0 Å². The molecule has 5 nitrogen and oxygen atoms in total. The molecule has 0 aliphatic rings. The summed E-state index contributed by atoms with van der Waals surface area (Å²) in [7, 11) is 0. The molecule has 1 aromatic rings. The molecule has 1 aromatic carbocycles. The van der Waals surface area contributed by atoms with Gasteiger partial charge in [-0.15, -0.1) is 0 Å². The van der Waals surface area contributed by atoms with E-state index < -0.39 is 47.6 Å². The lowest BCUT2D eigenvalue weighted by atomic mass is 10.1. The molecule has 0 radical (unpaired) electrons. The van der Waals surface area contributed by atoms with E-state index in [-0.39, 0.29) is 5.56 Å². The monoisotopic (exact) mass is 319 g/mol. The highest BCUT2D eigenvalue weighted by atomic mass is 19.2. The van der Waals surface area contributed by atoms with Gasteiger partial charge in [0, 0.05) is 6.42 Å². The lowest BCUT2D eigenvalue weighted by Crippen LogP contribution is -2.44. The molecule has 1 rings (SSSR count). The Hall–Kier alpha value is -2.25. The third kappa shape index (κ3) is 5.27. The predicted molar refractivity (Wildman–Crippen MR) is 70.8 cm³/mol. The van der Waals surface area contributed by atoms with Crippen LogP contribution in [-0.2, 0) is 16.0 Å². The zero-order valence-corrected chi connectivity index (χ0v) is 12.2. The van der Waals surface area contributed by atoms with Crippen molar-refractivity contribution in [1.29, 1.82) is 0 Å². The number of rotatable bonds is 4. The molecule has 0 saturated heterocycles. The van der Waals surface area contributed by atoms with Crippen molar-refractivity contribution in [2.45, 2.75) is 38.8 Å². The molecule has 0 aliphatic heterocycles. The molecule has 2 N–H and O–H groups in total. The van der Waals surface area contributed by atoms with E-state index in [1.165, 1.54) is 0 Å². The van der Waals surface area contributed by atoms with Crippen LogP contribution in [0.1, 0.15) is 26.3 Å². The van der Waals surface area contributed by atoms with Crippen molar-refractivity contribution in [3.8, 4) is 0 Å². The van der Waals surface area contributed by atoms with Gasteiger partial charge in [-0.05, 0) is 38.5 Å². The number of amides is 1. The summed E-state index contributed by atoms with van der Waals surface area (Å²) in [6.07, 6.45) is -1.41. The SMILES string of the molecule is CC(C)(C)OC(=O)N[C@H](Cc1cc(F)c(F)c(F)c1)C(=O)O. The molecule has 0 fully saturated rings. The number of alkyl carbamates (subject to hydrolysis) is 1. The number of carbonyl (C=O) groups is 2. The van der Waals surface area contributed by atoms with Crippen molar-refractivity contribution >= 4 is 12.1 Å². The van der Waals surface area contributed by atoms with Gasteiger partial charge in [-0.1, -0.05) is 0 Å². The summed E-state index contributed by atoms with van der Waals surface area (Å²) in [6.45, 7) is 4.77. The summed E-state index contributed by atoms with van der Waals surface area (Å²) in [5.41, 5.74) is -0.943. The van der Waals surface area contributed by atoms with Crippen molar-refractivity contribution in [1.82, 2.24) is 5.32 Å². The highest BCUT2D eigenvalue weighted by Crippen LogP contribution is 2.15. The first-order valence-electron chi connectivity index (χ1n) is 6.35. The van der Waals surface area contributed by atoms with Gasteiger partial charge in [0.1, 0.15) is 11.6 Å². The molecule has 0 saturated carbocycles. The Kier molecular flexibility index (Phi) is 5.40. The van der Waals surface area contributed by atoms with Gasteiger partial charge in [-0.2, -0.15) is 0 Å². The van der Waals surface area contributed by atoms with Gasteiger partial charge in [0.15, 0.2) is 17.5 Å². The maximum Gasteiger partial charge on any atom is 0.408 e. The molecule has 0 bridgehead atoms. The normalized spacial score (nSPS) is 12.6. The van der Waals surface area contributed by atoms with E-state index in [1.807, 2.05) is 0 Å². The van der Waals surface area contributed by atoms with Crippen LogP contribution in [0.4, 0.5) is 18.0 Å². The lowest BCUT2D eigenvalue weighted by molar-refractivity contribution is -0.139. The average molecular weight is 319 g/mol. The summed E-state index contributed by atoms with van der Waals surface area (Å²) in [5, 5.41) is 11.1. The summed E-state index contributed by atoms with van der Waals surface area (Å²) in [4.78, 5) is 22.7. The molecule has 0 aliphatic carbocycles. The van der Waals surface area contributed by atoms with Crippen molar-refractivity contribution in [3.63, 3.8) is 0 Å². The maximum absolute atomic E-state index is 13.1. The molecule has 0 aromatic heterocycles. The van der Waals surface area contributed by atoms with E-state index in [0.29, 0.717) is 12.1 Å². The number of aliphatic carboxylic acids is 1. The van der Waals surface area contributed by atoms with Crippen LogP contribution in [0.15, 0.2) is 12.1 Å². The second-order valence-corrected chi connectivity index (χ2v) is 5.61. The van der Waals surface area contributed by atoms with Crippen LogP contribution in [0.2, 0.25) is 0 Å².